The van der Waals surface area contributed by atoms with E-state index in [1.54, 1.807) is 12.1 Å². The van der Waals surface area contributed by atoms with Crippen molar-refractivity contribution < 1.29 is 13.2 Å². The van der Waals surface area contributed by atoms with Gasteiger partial charge in [-0.3, -0.25) is 0 Å². The summed E-state index contributed by atoms with van der Waals surface area (Å²) in [6, 6.07) is 5.76. The number of hydrogen-bond donors (Lipinski definition) is 1. The molecule has 1 heterocycles. The fourth-order valence-corrected chi connectivity index (χ4v) is 2.01. The Balaban J connectivity index is 2.05. The van der Waals surface area contributed by atoms with Gasteiger partial charge in [-0.2, -0.15) is 0 Å². The van der Waals surface area contributed by atoms with E-state index in [1.807, 2.05) is 0 Å². The van der Waals surface area contributed by atoms with Crippen LogP contribution in [-0.2, 0) is 6.42 Å². The van der Waals surface area contributed by atoms with Crippen molar-refractivity contribution >= 4 is 0 Å². The van der Waals surface area contributed by atoms with E-state index in [0.29, 0.717) is 19.5 Å². The van der Waals surface area contributed by atoms with Crippen LogP contribution in [0.15, 0.2) is 24.3 Å². The van der Waals surface area contributed by atoms with Crippen molar-refractivity contribution in [1.29, 1.82) is 0 Å². The first-order valence-corrected chi connectivity index (χ1v) is 5.41. The molecular weight excluding hydrogens is 215 g/mol. The largest absolute Gasteiger partial charge is 0.316 e. The smallest absolute Gasteiger partial charge is 0.253 e. The minimum absolute atomic E-state index is 0.112. The van der Waals surface area contributed by atoms with E-state index in [4.69, 9.17) is 0 Å². The van der Waals surface area contributed by atoms with Gasteiger partial charge in [-0.25, -0.2) is 13.2 Å². The van der Waals surface area contributed by atoms with Crippen LogP contribution in [0.3, 0.4) is 0 Å². The fourth-order valence-electron chi connectivity index (χ4n) is 2.01. The molecule has 88 valence electrons. The van der Waals surface area contributed by atoms with Crippen molar-refractivity contribution in [3.05, 3.63) is 35.6 Å². The van der Waals surface area contributed by atoms with Crippen molar-refractivity contribution in [3.8, 4) is 0 Å². The number of halogens is 3. The zero-order chi connectivity index (χ0) is 11.6. The van der Waals surface area contributed by atoms with Crippen molar-refractivity contribution in [2.45, 2.75) is 18.8 Å². The van der Waals surface area contributed by atoms with Crippen LogP contribution in [0.1, 0.15) is 12.0 Å². The molecule has 1 aliphatic heterocycles. The lowest BCUT2D eigenvalue weighted by molar-refractivity contribution is -0.0776. The molecule has 1 aromatic carbocycles. The molecule has 0 amide bonds. The Morgan fingerprint density at radius 1 is 1.25 bits per heavy atom. The molecule has 1 aliphatic rings. The van der Waals surface area contributed by atoms with Crippen LogP contribution in [0.25, 0.3) is 0 Å². The van der Waals surface area contributed by atoms with E-state index in [9.17, 15) is 13.2 Å². The van der Waals surface area contributed by atoms with Gasteiger partial charge in [0.15, 0.2) is 0 Å². The highest BCUT2D eigenvalue weighted by molar-refractivity contribution is 5.17. The lowest BCUT2D eigenvalue weighted by Gasteiger charge is -2.31. The Hall–Kier alpha value is -1.03. The topological polar surface area (TPSA) is 12.0 Å². The number of benzene rings is 1. The van der Waals surface area contributed by atoms with Crippen LogP contribution in [0, 0.1) is 11.7 Å². The molecule has 1 aromatic rings. The Kier molecular flexibility index (Phi) is 3.19. The van der Waals surface area contributed by atoms with Crippen molar-refractivity contribution in [1.82, 2.24) is 5.32 Å². The molecule has 0 aliphatic carbocycles. The molecule has 1 nitrogen and oxygen atoms in total. The summed E-state index contributed by atoms with van der Waals surface area (Å²) in [6.07, 6.45) is 0.180. The van der Waals surface area contributed by atoms with Gasteiger partial charge in [-0.05, 0) is 24.1 Å². The minimum atomic E-state index is -2.61. The number of hydrogen-bond acceptors (Lipinski definition) is 1. The molecule has 0 bridgehead atoms. The number of rotatable bonds is 2. The highest BCUT2D eigenvalue weighted by Gasteiger charge is 2.41. The molecule has 1 unspecified atom stereocenters. The summed E-state index contributed by atoms with van der Waals surface area (Å²) >= 11 is 0. The van der Waals surface area contributed by atoms with Gasteiger partial charge < -0.3 is 5.32 Å². The summed E-state index contributed by atoms with van der Waals surface area (Å²) in [6.45, 7) is 0.692. The van der Waals surface area contributed by atoms with Crippen LogP contribution in [0.2, 0.25) is 0 Å². The van der Waals surface area contributed by atoms with Gasteiger partial charge in [0.25, 0.3) is 5.92 Å². The second-order valence-corrected chi connectivity index (χ2v) is 4.24. The third kappa shape index (κ3) is 2.55. The first-order chi connectivity index (χ1) is 7.58. The van der Waals surface area contributed by atoms with E-state index in [0.717, 1.165) is 5.56 Å². The predicted octanol–water partition coefficient (Wildman–Crippen LogP) is 2.61. The molecule has 1 atom stereocenters. The average molecular weight is 229 g/mol. The normalized spacial score (nSPS) is 24.3. The van der Waals surface area contributed by atoms with Gasteiger partial charge in [0.2, 0.25) is 0 Å². The monoisotopic (exact) mass is 229 g/mol. The van der Waals surface area contributed by atoms with Gasteiger partial charge in [-0.15, -0.1) is 0 Å². The maximum Gasteiger partial charge on any atom is 0.253 e. The summed E-state index contributed by atoms with van der Waals surface area (Å²) in [4.78, 5) is 0. The standard InChI is InChI=1S/C12H14F3N/c13-11-3-1-9(2-4-11)7-10-8-16-6-5-12(10,14)15/h1-4,10,16H,5-8H2. The summed E-state index contributed by atoms with van der Waals surface area (Å²) in [5, 5.41) is 2.97. The molecule has 0 spiro atoms. The second kappa shape index (κ2) is 4.45. The van der Waals surface area contributed by atoms with Crippen LogP contribution in [-0.4, -0.2) is 19.0 Å². The third-order valence-electron chi connectivity index (χ3n) is 3.02. The fraction of sp³-hybridized carbons (Fsp3) is 0.500. The Labute approximate surface area is 92.7 Å². The van der Waals surface area contributed by atoms with Crippen molar-refractivity contribution in [2.75, 3.05) is 13.1 Å². The lowest BCUT2D eigenvalue weighted by Crippen LogP contribution is -2.45. The highest BCUT2D eigenvalue weighted by atomic mass is 19.3. The lowest BCUT2D eigenvalue weighted by atomic mass is 9.89. The molecule has 0 saturated carbocycles. The van der Waals surface area contributed by atoms with Crippen molar-refractivity contribution in [3.63, 3.8) is 0 Å². The van der Waals surface area contributed by atoms with E-state index in [-0.39, 0.29) is 12.2 Å². The minimum Gasteiger partial charge on any atom is -0.316 e. The molecule has 2 rings (SSSR count). The van der Waals surface area contributed by atoms with Crippen LogP contribution < -0.4 is 5.32 Å². The Morgan fingerprint density at radius 3 is 2.56 bits per heavy atom. The number of piperidine rings is 1. The molecule has 1 saturated heterocycles. The molecule has 1 N–H and O–H groups in total. The SMILES string of the molecule is Fc1ccc(CC2CNCCC2(F)F)cc1. The first kappa shape index (κ1) is 11.5. The summed E-state index contributed by atoms with van der Waals surface area (Å²) in [7, 11) is 0. The Bertz CT molecular complexity index is 348. The maximum atomic E-state index is 13.5. The third-order valence-corrected chi connectivity index (χ3v) is 3.02. The van der Waals surface area contributed by atoms with E-state index < -0.39 is 11.8 Å². The van der Waals surface area contributed by atoms with Crippen LogP contribution in [0.5, 0.6) is 0 Å². The second-order valence-electron chi connectivity index (χ2n) is 4.24. The van der Waals surface area contributed by atoms with E-state index in [2.05, 4.69) is 5.32 Å². The van der Waals surface area contributed by atoms with E-state index in [1.165, 1.54) is 12.1 Å². The summed E-state index contributed by atoms with van der Waals surface area (Å²) < 4.78 is 39.7. The van der Waals surface area contributed by atoms with Gasteiger partial charge in [0, 0.05) is 25.4 Å². The van der Waals surface area contributed by atoms with Gasteiger partial charge in [-0.1, -0.05) is 12.1 Å². The first-order valence-electron chi connectivity index (χ1n) is 5.41. The average Bonchev–Trinajstić information content (AvgIpc) is 2.24. The highest BCUT2D eigenvalue weighted by Crippen LogP contribution is 2.32. The molecule has 4 heteroatoms. The molecule has 0 aromatic heterocycles. The quantitative estimate of drug-likeness (QED) is 0.822. The zero-order valence-corrected chi connectivity index (χ0v) is 8.85. The maximum absolute atomic E-state index is 13.5. The summed E-state index contributed by atoms with van der Waals surface area (Å²) in [5.74, 6) is -3.64. The molecule has 0 radical (unpaired) electrons. The number of nitrogens with one attached hydrogen (secondary N) is 1. The van der Waals surface area contributed by atoms with Gasteiger partial charge >= 0.3 is 0 Å². The van der Waals surface area contributed by atoms with E-state index >= 15 is 0 Å². The zero-order valence-electron chi connectivity index (χ0n) is 8.85. The predicted molar refractivity (Wildman–Crippen MR) is 56.0 cm³/mol. The van der Waals surface area contributed by atoms with Crippen LogP contribution >= 0.6 is 0 Å². The number of alkyl halides is 2. The summed E-state index contributed by atoms with van der Waals surface area (Å²) in [5.41, 5.74) is 0.759. The van der Waals surface area contributed by atoms with Crippen LogP contribution in [0.4, 0.5) is 13.2 Å². The van der Waals surface area contributed by atoms with Gasteiger partial charge in [0.1, 0.15) is 5.82 Å². The molecule has 1 fully saturated rings. The Morgan fingerprint density at radius 2 is 1.94 bits per heavy atom. The molecular formula is C12H14F3N. The van der Waals surface area contributed by atoms with Crippen molar-refractivity contribution in [2.24, 2.45) is 5.92 Å². The molecule has 16 heavy (non-hydrogen) atoms. The van der Waals surface area contributed by atoms with Gasteiger partial charge in [0.05, 0.1) is 0 Å².